The van der Waals surface area contributed by atoms with Gasteiger partial charge in [-0.1, -0.05) is 110 Å². The average molecular weight is 610 g/mol. The van der Waals surface area contributed by atoms with E-state index in [-0.39, 0.29) is 12.8 Å². The van der Waals surface area contributed by atoms with Gasteiger partial charge in [-0.05, 0) is 12.8 Å². The highest BCUT2D eigenvalue weighted by Crippen LogP contribution is 2.43. The molecule has 0 saturated heterocycles. The third-order valence-electron chi connectivity index (χ3n) is 6.65. The molecule has 11 nitrogen and oxygen atoms in total. The maximum atomic E-state index is 12.0. The monoisotopic (exact) mass is 609 g/mol. The van der Waals surface area contributed by atoms with Crippen LogP contribution in [0.4, 0.5) is 0 Å². The minimum atomic E-state index is -4.72. The molecule has 0 aromatic carbocycles. The first-order valence-electron chi connectivity index (χ1n) is 15.6. The van der Waals surface area contributed by atoms with Crippen LogP contribution in [0.5, 0.6) is 0 Å². The number of aliphatic carboxylic acids is 1. The summed E-state index contributed by atoms with van der Waals surface area (Å²) in [6.45, 7) is 2.32. The maximum Gasteiger partial charge on any atom is 0.472 e. The second kappa shape index (κ2) is 26.1. The standard InChI is InChI=1S/C29H56NO10P/c1-3-5-7-8-9-10-11-12-13-14-15-16-17-19-21-28(33)38-22-25(31)23-39-41(36,37)40-24-26(29(34)35)30-27(32)20-18-6-4-2/h25-26,31H,3-24H2,1-2H3,(H,30,32)(H,34,35)(H,36,37). The van der Waals surface area contributed by atoms with Crippen LogP contribution < -0.4 is 5.32 Å². The number of ether oxygens (including phenoxy) is 1. The van der Waals surface area contributed by atoms with Gasteiger partial charge in [0.25, 0.3) is 0 Å². The van der Waals surface area contributed by atoms with Crippen LogP contribution in [0.3, 0.4) is 0 Å². The summed E-state index contributed by atoms with van der Waals surface area (Å²) >= 11 is 0. The van der Waals surface area contributed by atoms with E-state index in [0.29, 0.717) is 12.8 Å². The van der Waals surface area contributed by atoms with Crippen molar-refractivity contribution < 1.29 is 47.8 Å². The number of aliphatic hydroxyl groups excluding tert-OH is 1. The van der Waals surface area contributed by atoms with Gasteiger partial charge < -0.3 is 25.2 Å². The third-order valence-corrected chi connectivity index (χ3v) is 7.60. The normalized spacial score (nSPS) is 14.2. The molecule has 242 valence electrons. The van der Waals surface area contributed by atoms with E-state index in [4.69, 9.17) is 4.74 Å². The van der Waals surface area contributed by atoms with Crippen LogP contribution in [0.15, 0.2) is 0 Å². The first-order valence-corrected chi connectivity index (χ1v) is 17.1. The number of carbonyl (C=O) groups is 3. The van der Waals surface area contributed by atoms with Crippen LogP contribution in [-0.4, -0.2) is 64.9 Å². The second-order valence-corrected chi connectivity index (χ2v) is 12.1. The molecule has 0 aliphatic rings. The van der Waals surface area contributed by atoms with Crippen LogP contribution in [0, 0.1) is 0 Å². The molecular formula is C29H56NO10P. The smallest absolute Gasteiger partial charge is 0.472 e. The quantitative estimate of drug-likeness (QED) is 0.0445. The van der Waals surface area contributed by atoms with Crippen LogP contribution >= 0.6 is 7.82 Å². The molecule has 3 unspecified atom stereocenters. The SMILES string of the molecule is CCCCCCCCCCCCCCCCC(=O)OCC(O)COP(=O)(O)OCC(NC(=O)CCCCC)C(=O)O. The van der Waals surface area contributed by atoms with Gasteiger partial charge in [-0.15, -0.1) is 0 Å². The van der Waals surface area contributed by atoms with Crippen LogP contribution in [0.2, 0.25) is 0 Å². The Morgan fingerprint density at radius 3 is 1.63 bits per heavy atom. The van der Waals surface area contributed by atoms with Crippen molar-refractivity contribution in [1.29, 1.82) is 0 Å². The van der Waals surface area contributed by atoms with E-state index in [0.717, 1.165) is 32.1 Å². The third kappa shape index (κ3) is 25.9. The van der Waals surface area contributed by atoms with Crippen molar-refractivity contribution in [2.45, 2.75) is 148 Å². The van der Waals surface area contributed by atoms with E-state index in [1.165, 1.54) is 64.2 Å². The Labute approximate surface area is 246 Å². The predicted molar refractivity (Wildman–Crippen MR) is 157 cm³/mol. The summed E-state index contributed by atoms with van der Waals surface area (Å²) in [6.07, 6.45) is 18.3. The molecule has 12 heteroatoms. The zero-order valence-electron chi connectivity index (χ0n) is 25.4. The van der Waals surface area contributed by atoms with Crippen molar-refractivity contribution in [2.24, 2.45) is 0 Å². The molecule has 0 heterocycles. The second-order valence-electron chi connectivity index (χ2n) is 10.7. The molecular weight excluding hydrogens is 553 g/mol. The van der Waals surface area contributed by atoms with Crippen molar-refractivity contribution in [3.05, 3.63) is 0 Å². The lowest BCUT2D eigenvalue weighted by molar-refractivity contribution is -0.147. The lowest BCUT2D eigenvalue weighted by Crippen LogP contribution is -2.43. The molecule has 3 atom stereocenters. The molecule has 0 aromatic heterocycles. The average Bonchev–Trinajstić information content (AvgIpc) is 2.93. The Morgan fingerprint density at radius 2 is 1.12 bits per heavy atom. The number of carbonyl (C=O) groups excluding carboxylic acids is 2. The number of carboxylic acids is 1. The van der Waals surface area contributed by atoms with Gasteiger partial charge in [0.1, 0.15) is 12.7 Å². The molecule has 0 aromatic rings. The Morgan fingerprint density at radius 1 is 0.683 bits per heavy atom. The van der Waals surface area contributed by atoms with E-state index in [1.807, 2.05) is 6.92 Å². The fourth-order valence-electron chi connectivity index (χ4n) is 4.14. The summed E-state index contributed by atoms with van der Waals surface area (Å²) in [5.41, 5.74) is 0. The fraction of sp³-hybridized carbons (Fsp3) is 0.897. The van der Waals surface area contributed by atoms with Gasteiger partial charge >= 0.3 is 19.8 Å². The topological polar surface area (TPSA) is 169 Å². The summed E-state index contributed by atoms with van der Waals surface area (Å²) in [7, 11) is -4.72. The Hall–Kier alpha value is -1.52. The van der Waals surface area contributed by atoms with Gasteiger partial charge in [0, 0.05) is 12.8 Å². The number of hydrogen-bond donors (Lipinski definition) is 4. The van der Waals surface area contributed by atoms with Gasteiger partial charge in [-0.3, -0.25) is 18.6 Å². The minimum absolute atomic E-state index is 0.134. The molecule has 4 N–H and O–H groups in total. The van der Waals surface area contributed by atoms with Crippen LogP contribution in [-0.2, 0) is 32.7 Å². The van der Waals surface area contributed by atoms with Gasteiger partial charge in [0.05, 0.1) is 13.2 Å². The summed E-state index contributed by atoms with van der Waals surface area (Å²) in [5, 5.41) is 21.3. The number of aliphatic hydroxyl groups is 1. The number of rotatable bonds is 29. The highest BCUT2D eigenvalue weighted by molar-refractivity contribution is 7.47. The Kier molecular flexibility index (Phi) is 25.2. The number of esters is 1. The van der Waals surface area contributed by atoms with E-state index in [2.05, 4.69) is 21.3 Å². The van der Waals surface area contributed by atoms with Gasteiger partial charge in [-0.25, -0.2) is 9.36 Å². The molecule has 0 spiro atoms. The zero-order valence-corrected chi connectivity index (χ0v) is 26.3. The highest BCUT2D eigenvalue weighted by atomic mass is 31.2. The number of carboxylic acid groups (broad SMARTS) is 1. The molecule has 0 saturated carbocycles. The van der Waals surface area contributed by atoms with E-state index < -0.39 is 57.6 Å². The van der Waals surface area contributed by atoms with Crippen molar-refractivity contribution in [1.82, 2.24) is 5.32 Å². The molecule has 1 amide bonds. The summed E-state index contributed by atoms with van der Waals surface area (Å²) in [6, 6.07) is -1.53. The van der Waals surface area contributed by atoms with Gasteiger partial charge in [-0.2, -0.15) is 0 Å². The first-order chi connectivity index (χ1) is 19.6. The number of nitrogens with one attached hydrogen (secondary N) is 1. The van der Waals surface area contributed by atoms with E-state index in [9.17, 15) is 34.1 Å². The number of unbranched alkanes of at least 4 members (excludes halogenated alkanes) is 15. The number of hydrogen-bond acceptors (Lipinski definition) is 8. The molecule has 0 rings (SSSR count). The zero-order chi connectivity index (χ0) is 30.8. The molecule has 0 bridgehead atoms. The Bertz CT molecular complexity index is 736. The minimum Gasteiger partial charge on any atom is -0.480 e. The largest absolute Gasteiger partial charge is 0.480 e. The summed E-state index contributed by atoms with van der Waals surface area (Å²) in [4.78, 5) is 44.8. The van der Waals surface area contributed by atoms with Gasteiger partial charge in [0.2, 0.25) is 5.91 Å². The van der Waals surface area contributed by atoms with Crippen molar-refractivity contribution in [3.8, 4) is 0 Å². The van der Waals surface area contributed by atoms with E-state index >= 15 is 0 Å². The lowest BCUT2D eigenvalue weighted by Gasteiger charge is -2.18. The molecule has 0 fully saturated rings. The van der Waals surface area contributed by atoms with Crippen molar-refractivity contribution in [2.75, 3.05) is 19.8 Å². The van der Waals surface area contributed by atoms with Gasteiger partial charge in [0.15, 0.2) is 6.04 Å². The number of amides is 1. The molecule has 0 aliphatic carbocycles. The summed E-state index contributed by atoms with van der Waals surface area (Å²) in [5.74, 6) is -2.40. The van der Waals surface area contributed by atoms with E-state index in [1.54, 1.807) is 0 Å². The molecule has 41 heavy (non-hydrogen) atoms. The molecule has 0 radical (unpaired) electrons. The lowest BCUT2D eigenvalue weighted by atomic mass is 10.0. The fourth-order valence-corrected chi connectivity index (χ4v) is 4.91. The first kappa shape index (κ1) is 39.5. The Balaban J connectivity index is 3.88. The highest BCUT2D eigenvalue weighted by Gasteiger charge is 2.28. The number of phosphoric acid groups is 1. The van der Waals surface area contributed by atoms with Crippen molar-refractivity contribution in [3.63, 3.8) is 0 Å². The summed E-state index contributed by atoms with van der Waals surface area (Å²) < 4.78 is 26.3. The molecule has 0 aliphatic heterocycles. The predicted octanol–water partition coefficient (Wildman–Crippen LogP) is 6.05. The number of phosphoric ester groups is 1. The maximum absolute atomic E-state index is 12.0. The van der Waals surface area contributed by atoms with Crippen molar-refractivity contribution >= 4 is 25.7 Å². The van der Waals surface area contributed by atoms with Crippen LogP contribution in [0.25, 0.3) is 0 Å². The van der Waals surface area contributed by atoms with Crippen LogP contribution in [0.1, 0.15) is 136 Å².